The van der Waals surface area contributed by atoms with Gasteiger partial charge in [-0.25, -0.2) is 4.39 Å². The summed E-state index contributed by atoms with van der Waals surface area (Å²) in [6, 6.07) is 10.4. The third kappa shape index (κ3) is 4.75. The van der Waals surface area contributed by atoms with Crippen LogP contribution in [0.2, 0.25) is 0 Å². The first-order valence-corrected chi connectivity index (χ1v) is 9.25. The lowest BCUT2D eigenvalue weighted by Crippen LogP contribution is -2.36. The Bertz CT molecular complexity index is 1010. The highest BCUT2D eigenvalue weighted by Gasteiger charge is 2.36. The van der Waals surface area contributed by atoms with Gasteiger partial charge < -0.3 is 14.8 Å². The van der Waals surface area contributed by atoms with Gasteiger partial charge in [0.15, 0.2) is 11.5 Å². The molecule has 0 atom stereocenters. The van der Waals surface area contributed by atoms with E-state index in [9.17, 15) is 18.8 Å². The number of carbonyl (C=O) groups is 3. The number of carbonyl (C=O) groups excluding carboxylic acids is 3. The highest BCUT2D eigenvalue weighted by Crippen LogP contribution is 2.34. The molecule has 0 saturated carbocycles. The fraction of sp³-hybridized carbons (Fsp3) is 0.150. The topological polar surface area (TPSA) is 84.9 Å². The van der Waals surface area contributed by atoms with Gasteiger partial charge in [-0.3, -0.25) is 19.3 Å². The first-order valence-electron chi connectivity index (χ1n) is 8.44. The van der Waals surface area contributed by atoms with Gasteiger partial charge in [-0.15, -0.1) is 0 Å². The second kappa shape index (κ2) is 8.78. The van der Waals surface area contributed by atoms with Crippen molar-refractivity contribution < 1.29 is 28.2 Å². The second-order valence-electron chi connectivity index (χ2n) is 5.94. The van der Waals surface area contributed by atoms with Crippen molar-refractivity contribution >= 4 is 40.6 Å². The van der Waals surface area contributed by atoms with Crippen LogP contribution in [0, 0.1) is 5.82 Å². The van der Waals surface area contributed by atoms with E-state index in [2.05, 4.69) is 5.32 Å². The largest absolute Gasteiger partial charge is 0.493 e. The third-order valence-electron chi connectivity index (χ3n) is 3.99. The van der Waals surface area contributed by atoms with E-state index < -0.39 is 29.4 Å². The number of anilines is 1. The molecular weight excluding hydrogens is 399 g/mol. The predicted octanol–water partition coefficient (Wildman–Crippen LogP) is 3.52. The molecule has 7 nitrogen and oxygen atoms in total. The molecule has 0 unspecified atom stereocenters. The molecule has 0 radical (unpaired) electrons. The Labute approximate surface area is 170 Å². The summed E-state index contributed by atoms with van der Waals surface area (Å²) < 4.78 is 23.6. The van der Waals surface area contributed by atoms with Gasteiger partial charge in [0.25, 0.3) is 11.1 Å². The SMILES string of the molecule is COc1ccc(/C=C2/SC(=O)N(CC(=O)Nc3cccc(F)c3)C2=O)cc1OC. The molecular formula is C20H17FN2O5S. The maximum absolute atomic E-state index is 13.2. The zero-order valence-corrected chi connectivity index (χ0v) is 16.4. The van der Waals surface area contributed by atoms with Crippen LogP contribution in [-0.4, -0.2) is 42.7 Å². The highest BCUT2D eigenvalue weighted by atomic mass is 32.2. The Hall–Kier alpha value is -3.33. The summed E-state index contributed by atoms with van der Waals surface area (Å²) in [5.41, 5.74) is 0.875. The fourth-order valence-electron chi connectivity index (χ4n) is 2.64. The van der Waals surface area contributed by atoms with Gasteiger partial charge in [-0.05, 0) is 53.7 Å². The summed E-state index contributed by atoms with van der Waals surface area (Å²) in [7, 11) is 3.00. The van der Waals surface area contributed by atoms with Crippen LogP contribution in [0.5, 0.6) is 11.5 Å². The minimum atomic E-state index is -0.606. The van der Waals surface area contributed by atoms with E-state index in [1.807, 2.05) is 0 Å². The van der Waals surface area contributed by atoms with Crippen LogP contribution in [0.1, 0.15) is 5.56 Å². The molecule has 0 aliphatic carbocycles. The minimum absolute atomic E-state index is 0.181. The Balaban J connectivity index is 1.72. The Kier molecular flexibility index (Phi) is 6.18. The lowest BCUT2D eigenvalue weighted by atomic mass is 10.2. The maximum atomic E-state index is 13.2. The number of methoxy groups -OCH3 is 2. The number of benzene rings is 2. The highest BCUT2D eigenvalue weighted by molar-refractivity contribution is 8.18. The summed E-state index contributed by atoms with van der Waals surface area (Å²) in [5.74, 6) is -0.678. The molecule has 29 heavy (non-hydrogen) atoms. The van der Waals surface area contributed by atoms with E-state index in [0.29, 0.717) is 17.1 Å². The van der Waals surface area contributed by atoms with Crippen molar-refractivity contribution in [3.63, 3.8) is 0 Å². The number of rotatable bonds is 6. The van der Waals surface area contributed by atoms with Gasteiger partial charge in [0.05, 0.1) is 19.1 Å². The van der Waals surface area contributed by atoms with Crippen molar-refractivity contribution in [2.45, 2.75) is 0 Å². The van der Waals surface area contributed by atoms with Gasteiger partial charge in [0, 0.05) is 5.69 Å². The Morgan fingerprint density at radius 3 is 2.59 bits per heavy atom. The van der Waals surface area contributed by atoms with E-state index in [-0.39, 0.29) is 10.6 Å². The van der Waals surface area contributed by atoms with E-state index >= 15 is 0 Å². The van der Waals surface area contributed by atoms with Gasteiger partial charge in [-0.1, -0.05) is 12.1 Å². The molecule has 9 heteroatoms. The average molecular weight is 416 g/mol. The minimum Gasteiger partial charge on any atom is -0.493 e. The molecule has 0 bridgehead atoms. The van der Waals surface area contributed by atoms with Crippen LogP contribution in [-0.2, 0) is 9.59 Å². The van der Waals surface area contributed by atoms with E-state index in [1.165, 1.54) is 38.5 Å². The smallest absolute Gasteiger partial charge is 0.294 e. The van der Waals surface area contributed by atoms with E-state index in [1.54, 1.807) is 18.2 Å². The lowest BCUT2D eigenvalue weighted by molar-refractivity contribution is -0.127. The molecule has 150 valence electrons. The number of hydrogen-bond acceptors (Lipinski definition) is 6. The number of nitrogens with zero attached hydrogens (tertiary/aromatic N) is 1. The molecule has 1 aliphatic rings. The molecule has 3 rings (SSSR count). The summed E-state index contributed by atoms with van der Waals surface area (Å²) in [6.07, 6.45) is 1.54. The van der Waals surface area contributed by atoms with Crippen LogP contribution < -0.4 is 14.8 Å². The van der Waals surface area contributed by atoms with Gasteiger partial charge in [0.2, 0.25) is 5.91 Å². The summed E-state index contributed by atoms with van der Waals surface area (Å²) in [5, 5.41) is 1.90. The Morgan fingerprint density at radius 2 is 1.90 bits per heavy atom. The van der Waals surface area contributed by atoms with Crippen LogP contribution in [0.3, 0.4) is 0 Å². The zero-order chi connectivity index (χ0) is 21.0. The Morgan fingerprint density at radius 1 is 1.14 bits per heavy atom. The van der Waals surface area contributed by atoms with E-state index in [0.717, 1.165) is 22.7 Å². The number of ether oxygens (including phenoxy) is 2. The molecule has 3 amide bonds. The van der Waals surface area contributed by atoms with Crippen LogP contribution in [0.4, 0.5) is 14.9 Å². The molecule has 1 aliphatic heterocycles. The monoisotopic (exact) mass is 416 g/mol. The van der Waals surface area contributed by atoms with Crippen molar-refractivity contribution in [1.82, 2.24) is 4.90 Å². The van der Waals surface area contributed by atoms with Crippen LogP contribution in [0.25, 0.3) is 6.08 Å². The summed E-state index contributed by atoms with van der Waals surface area (Å²) in [6.45, 7) is -0.468. The van der Waals surface area contributed by atoms with E-state index in [4.69, 9.17) is 9.47 Å². The van der Waals surface area contributed by atoms with Crippen molar-refractivity contribution in [2.75, 3.05) is 26.1 Å². The van der Waals surface area contributed by atoms with Crippen LogP contribution >= 0.6 is 11.8 Å². The number of halogens is 1. The molecule has 1 fully saturated rings. The second-order valence-corrected chi connectivity index (χ2v) is 6.93. The van der Waals surface area contributed by atoms with Crippen molar-refractivity contribution in [2.24, 2.45) is 0 Å². The fourth-order valence-corrected chi connectivity index (χ4v) is 3.48. The average Bonchev–Trinajstić information content (AvgIpc) is 2.95. The molecule has 0 aromatic heterocycles. The molecule has 2 aromatic rings. The standard InChI is InChI=1S/C20H17FN2O5S/c1-27-15-7-6-12(8-16(15)28-2)9-17-19(25)23(20(26)29-17)11-18(24)22-14-5-3-4-13(21)10-14/h3-10H,11H2,1-2H3,(H,22,24)/b17-9+. The third-order valence-corrected chi connectivity index (χ3v) is 4.90. The molecule has 1 heterocycles. The number of thioether (sulfide) groups is 1. The normalized spacial score (nSPS) is 15.0. The molecule has 1 saturated heterocycles. The molecule has 2 aromatic carbocycles. The quantitative estimate of drug-likeness (QED) is 0.726. The number of imide groups is 1. The first kappa shape index (κ1) is 20.4. The van der Waals surface area contributed by atoms with Gasteiger partial charge in [0.1, 0.15) is 12.4 Å². The maximum Gasteiger partial charge on any atom is 0.294 e. The summed E-state index contributed by atoms with van der Waals surface area (Å²) >= 11 is 0.737. The number of nitrogens with one attached hydrogen (secondary N) is 1. The van der Waals surface area contributed by atoms with Gasteiger partial charge in [-0.2, -0.15) is 0 Å². The van der Waals surface area contributed by atoms with Crippen molar-refractivity contribution in [3.8, 4) is 11.5 Å². The lowest BCUT2D eigenvalue weighted by Gasteiger charge is -2.12. The predicted molar refractivity (Wildman–Crippen MR) is 107 cm³/mol. The number of hydrogen-bond donors (Lipinski definition) is 1. The number of amides is 3. The van der Waals surface area contributed by atoms with Crippen molar-refractivity contribution in [3.05, 3.63) is 58.8 Å². The van der Waals surface area contributed by atoms with Crippen molar-refractivity contribution in [1.29, 1.82) is 0 Å². The molecule has 0 spiro atoms. The zero-order valence-electron chi connectivity index (χ0n) is 15.6. The van der Waals surface area contributed by atoms with Crippen LogP contribution in [0.15, 0.2) is 47.4 Å². The molecule has 1 N–H and O–H groups in total. The first-order chi connectivity index (χ1) is 13.9. The van der Waals surface area contributed by atoms with Gasteiger partial charge >= 0.3 is 0 Å². The summed E-state index contributed by atoms with van der Waals surface area (Å²) in [4.78, 5) is 37.9.